The van der Waals surface area contributed by atoms with Gasteiger partial charge in [0, 0.05) is 23.0 Å². The molecule has 1 aliphatic heterocycles. The number of nitriles is 1. The fourth-order valence-electron chi connectivity index (χ4n) is 3.31. The Hall–Kier alpha value is -1.96. The number of carbonyl (C=O) groups is 1. The second-order valence-electron chi connectivity index (χ2n) is 6.66. The Bertz CT molecular complexity index is 754. The van der Waals surface area contributed by atoms with E-state index in [4.69, 9.17) is 5.26 Å². The number of rotatable bonds is 5. The summed E-state index contributed by atoms with van der Waals surface area (Å²) in [6.45, 7) is 2.97. The van der Waals surface area contributed by atoms with Crippen molar-refractivity contribution in [1.29, 1.82) is 5.26 Å². The molecule has 0 radical (unpaired) electrons. The Morgan fingerprint density at radius 2 is 1.72 bits per heavy atom. The van der Waals surface area contributed by atoms with Gasteiger partial charge in [-0.05, 0) is 61.7 Å². The molecule has 128 valence electrons. The van der Waals surface area contributed by atoms with Crippen LogP contribution in [-0.2, 0) is 6.54 Å². The summed E-state index contributed by atoms with van der Waals surface area (Å²) in [4.78, 5) is 14.8. The maximum atomic E-state index is 12.4. The minimum Gasteiger partial charge on any atom is -0.299 e. The molecule has 0 bridgehead atoms. The van der Waals surface area contributed by atoms with Crippen LogP contribution in [0.5, 0.6) is 0 Å². The lowest BCUT2D eigenvalue weighted by Gasteiger charge is -2.31. The van der Waals surface area contributed by atoms with Gasteiger partial charge >= 0.3 is 0 Å². The fourth-order valence-corrected chi connectivity index (χ4v) is 3.57. The van der Waals surface area contributed by atoms with Gasteiger partial charge in [-0.25, -0.2) is 0 Å². The minimum atomic E-state index is 0.248. The monoisotopic (exact) mass is 396 g/mol. The zero-order chi connectivity index (χ0) is 17.6. The molecule has 0 spiro atoms. The molecule has 0 unspecified atom stereocenters. The molecule has 0 atom stereocenters. The summed E-state index contributed by atoms with van der Waals surface area (Å²) in [5, 5.41) is 8.86. The van der Waals surface area contributed by atoms with Gasteiger partial charge in [-0.2, -0.15) is 5.26 Å². The Kier molecular flexibility index (Phi) is 6.01. The largest absolute Gasteiger partial charge is 0.299 e. The van der Waals surface area contributed by atoms with Crippen molar-refractivity contribution in [2.24, 2.45) is 5.92 Å². The van der Waals surface area contributed by atoms with Gasteiger partial charge in [0.15, 0.2) is 5.78 Å². The lowest BCUT2D eigenvalue weighted by molar-refractivity contribution is 0.0925. The zero-order valence-corrected chi connectivity index (χ0v) is 15.7. The molecule has 0 amide bonds. The van der Waals surface area contributed by atoms with Crippen LogP contribution in [0.3, 0.4) is 0 Å². The summed E-state index contributed by atoms with van der Waals surface area (Å²) in [5.41, 5.74) is 2.75. The molecule has 4 heteroatoms. The van der Waals surface area contributed by atoms with Gasteiger partial charge in [-0.3, -0.25) is 9.69 Å². The van der Waals surface area contributed by atoms with Gasteiger partial charge in [0.05, 0.1) is 11.6 Å². The zero-order valence-electron chi connectivity index (χ0n) is 14.1. The second kappa shape index (κ2) is 8.42. The number of hydrogen-bond acceptors (Lipinski definition) is 3. The Balaban J connectivity index is 1.47. The first kappa shape index (κ1) is 17.8. The first-order chi connectivity index (χ1) is 12.1. The Labute approximate surface area is 157 Å². The summed E-state index contributed by atoms with van der Waals surface area (Å²) in [6.07, 6.45) is 2.78. The first-order valence-electron chi connectivity index (χ1n) is 8.64. The molecule has 25 heavy (non-hydrogen) atoms. The van der Waals surface area contributed by atoms with Crippen LogP contribution >= 0.6 is 15.9 Å². The number of halogens is 1. The molecular formula is C21H21BrN2O. The summed E-state index contributed by atoms with van der Waals surface area (Å²) in [5.74, 6) is 0.728. The summed E-state index contributed by atoms with van der Waals surface area (Å²) in [6, 6.07) is 17.6. The number of piperidine rings is 1. The molecule has 1 aliphatic rings. The van der Waals surface area contributed by atoms with E-state index in [9.17, 15) is 4.79 Å². The standard InChI is InChI=1S/C21H21BrN2O/c22-20-7-5-19(6-8-20)21(25)13-16-9-11-24(12-10-16)15-18-3-1-17(14-23)2-4-18/h1-8,16H,9-13,15H2. The highest BCUT2D eigenvalue weighted by molar-refractivity contribution is 9.10. The molecule has 1 fully saturated rings. The molecule has 2 aromatic rings. The Morgan fingerprint density at radius 3 is 2.32 bits per heavy atom. The molecule has 0 N–H and O–H groups in total. The van der Waals surface area contributed by atoms with E-state index in [1.807, 2.05) is 48.5 Å². The van der Waals surface area contributed by atoms with Gasteiger partial charge in [-0.15, -0.1) is 0 Å². The molecule has 2 aromatic carbocycles. The van der Waals surface area contributed by atoms with E-state index in [-0.39, 0.29) is 5.78 Å². The third-order valence-electron chi connectivity index (χ3n) is 4.84. The predicted octanol–water partition coefficient (Wildman–Crippen LogP) is 4.81. The van der Waals surface area contributed by atoms with E-state index < -0.39 is 0 Å². The predicted molar refractivity (Wildman–Crippen MR) is 102 cm³/mol. The highest BCUT2D eigenvalue weighted by Crippen LogP contribution is 2.24. The van der Waals surface area contributed by atoms with Crippen molar-refractivity contribution in [2.45, 2.75) is 25.8 Å². The maximum absolute atomic E-state index is 12.4. The van der Waals surface area contributed by atoms with E-state index in [1.165, 1.54) is 5.56 Å². The maximum Gasteiger partial charge on any atom is 0.163 e. The van der Waals surface area contributed by atoms with Crippen LogP contribution in [0.25, 0.3) is 0 Å². The number of ketones is 1. The van der Waals surface area contributed by atoms with Crippen molar-refractivity contribution >= 4 is 21.7 Å². The van der Waals surface area contributed by atoms with E-state index in [1.54, 1.807) is 0 Å². The van der Waals surface area contributed by atoms with E-state index in [0.717, 1.165) is 42.5 Å². The molecule has 3 rings (SSSR count). The van der Waals surface area contributed by atoms with Crippen LogP contribution in [0, 0.1) is 17.2 Å². The average molecular weight is 397 g/mol. The van der Waals surface area contributed by atoms with Crippen LogP contribution < -0.4 is 0 Å². The summed E-state index contributed by atoms with van der Waals surface area (Å²) in [7, 11) is 0. The fraction of sp³-hybridized carbons (Fsp3) is 0.333. The number of benzene rings is 2. The smallest absolute Gasteiger partial charge is 0.163 e. The SMILES string of the molecule is N#Cc1ccc(CN2CCC(CC(=O)c3ccc(Br)cc3)CC2)cc1. The molecule has 1 saturated heterocycles. The number of nitrogens with zero attached hydrogens (tertiary/aromatic N) is 2. The van der Waals surface area contributed by atoms with E-state index in [0.29, 0.717) is 17.9 Å². The van der Waals surface area contributed by atoms with Crippen LogP contribution in [-0.4, -0.2) is 23.8 Å². The normalized spacial score (nSPS) is 15.7. The second-order valence-corrected chi connectivity index (χ2v) is 7.58. The van der Waals surface area contributed by atoms with Gasteiger partial charge in [0.25, 0.3) is 0 Å². The van der Waals surface area contributed by atoms with Gasteiger partial charge in [0.2, 0.25) is 0 Å². The quantitative estimate of drug-likeness (QED) is 0.681. The van der Waals surface area contributed by atoms with Crippen LogP contribution in [0.2, 0.25) is 0 Å². The van der Waals surface area contributed by atoms with Crippen molar-refractivity contribution in [1.82, 2.24) is 4.90 Å². The molecule has 3 nitrogen and oxygen atoms in total. The number of carbonyl (C=O) groups excluding carboxylic acids is 1. The van der Waals surface area contributed by atoms with Crippen LogP contribution in [0.4, 0.5) is 0 Å². The van der Waals surface area contributed by atoms with Crippen molar-refractivity contribution < 1.29 is 4.79 Å². The first-order valence-corrected chi connectivity index (χ1v) is 9.43. The molecule has 0 aliphatic carbocycles. The number of likely N-dealkylation sites (tertiary alicyclic amines) is 1. The lowest BCUT2D eigenvalue weighted by atomic mass is 9.89. The molecule has 0 aromatic heterocycles. The molecule has 0 saturated carbocycles. The third kappa shape index (κ3) is 5.01. The molecule has 1 heterocycles. The molecular weight excluding hydrogens is 376 g/mol. The van der Waals surface area contributed by atoms with E-state index >= 15 is 0 Å². The van der Waals surface area contributed by atoms with Crippen LogP contribution in [0.15, 0.2) is 53.0 Å². The minimum absolute atomic E-state index is 0.248. The number of hydrogen-bond donors (Lipinski definition) is 0. The van der Waals surface area contributed by atoms with Gasteiger partial charge < -0.3 is 0 Å². The van der Waals surface area contributed by atoms with Gasteiger partial charge in [0.1, 0.15) is 0 Å². The van der Waals surface area contributed by atoms with Crippen molar-refractivity contribution in [3.63, 3.8) is 0 Å². The topological polar surface area (TPSA) is 44.1 Å². The van der Waals surface area contributed by atoms with E-state index in [2.05, 4.69) is 26.9 Å². The summed E-state index contributed by atoms with van der Waals surface area (Å²) >= 11 is 3.40. The lowest BCUT2D eigenvalue weighted by Crippen LogP contribution is -2.33. The van der Waals surface area contributed by atoms with Crippen molar-refractivity contribution in [2.75, 3.05) is 13.1 Å². The highest BCUT2D eigenvalue weighted by atomic mass is 79.9. The van der Waals surface area contributed by atoms with Crippen LogP contribution in [0.1, 0.15) is 40.7 Å². The van der Waals surface area contributed by atoms with Gasteiger partial charge in [-0.1, -0.05) is 40.2 Å². The highest BCUT2D eigenvalue weighted by Gasteiger charge is 2.22. The van der Waals surface area contributed by atoms with Crippen molar-refractivity contribution in [3.05, 3.63) is 69.7 Å². The average Bonchev–Trinajstić information content (AvgIpc) is 2.64. The van der Waals surface area contributed by atoms with Crippen molar-refractivity contribution in [3.8, 4) is 6.07 Å². The third-order valence-corrected chi connectivity index (χ3v) is 5.37. The summed E-state index contributed by atoms with van der Waals surface area (Å²) < 4.78 is 1.00. The Morgan fingerprint density at radius 1 is 1.08 bits per heavy atom. The number of Topliss-reactive ketones (excluding diaryl/α,β-unsaturated/α-hetero) is 1.